The average Bonchev–Trinajstić information content (AvgIpc) is 3.43. The molecule has 1 aromatic heterocycles. The molecule has 1 aliphatic carbocycles. The lowest BCUT2D eigenvalue weighted by Crippen LogP contribution is -2.15. The van der Waals surface area contributed by atoms with Crippen LogP contribution in [0.3, 0.4) is 0 Å². The molecule has 1 aliphatic heterocycles. The van der Waals surface area contributed by atoms with Crippen LogP contribution in [0.5, 0.6) is 0 Å². The molecule has 1 aromatic carbocycles. The van der Waals surface area contributed by atoms with E-state index in [4.69, 9.17) is 14.9 Å². The van der Waals surface area contributed by atoms with E-state index in [1.807, 2.05) is 18.2 Å². The van der Waals surface area contributed by atoms with Crippen LogP contribution in [0, 0.1) is 0 Å². The third-order valence-electron chi connectivity index (χ3n) is 5.23. The zero-order chi connectivity index (χ0) is 17.4. The number of aromatic nitrogens is 1. The monoisotopic (exact) mass is 358 g/mol. The van der Waals surface area contributed by atoms with Crippen molar-refractivity contribution in [1.29, 1.82) is 0 Å². The number of pyridine rings is 1. The third-order valence-corrected chi connectivity index (χ3v) is 6.21. The van der Waals surface area contributed by atoms with Crippen LogP contribution in [0.4, 0.5) is 0 Å². The molecule has 1 saturated heterocycles. The number of benzene rings is 1. The van der Waals surface area contributed by atoms with Gasteiger partial charge in [-0.05, 0) is 48.9 Å². The highest BCUT2D eigenvalue weighted by molar-refractivity contribution is 7.89. The van der Waals surface area contributed by atoms with Gasteiger partial charge >= 0.3 is 0 Å². The Morgan fingerprint density at radius 1 is 0.960 bits per heavy atom. The summed E-state index contributed by atoms with van der Waals surface area (Å²) in [5.74, 6) is 0.900. The fraction of sp³-hybridized carbons (Fsp3) is 0.421. The lowest BCUT2D eigenvalue weighted by atomic mass is 9.95. The number of ether oxygens (including phenoxy) is 1. The maximum Gasteiger partial charge on any atom is 0.238 e. The maximum atomic E-state index is 11.8. The van der Waals surface area contributed by atoms with Gasteiger partial charge in [-0.1, -0.05) is 24.3 Å². The van der Waals surface area contributed by atoms with Crippen molar-refractivity contribution in [2.24, 2.45) is 5.14 Å². The van der Waals surface area contributed by atoms with Crippen molar-refractivity contribution in [2.45, 2.75) is 41.9 Å². The molecular formula is C19H22N2O3S. The van der Waals surface area contributed by atoms with Crippen LogP contribution >= 0.6 is 0 Å². The van der Waals surface area contributed by atoms with Gasteiger partial charge in [0.05, 0.1) is 4.90 Å². The zero-order valence-electron chi connectivity index (χ0n) is 14.0. The van der Waals surface area contributed by atoms with Crippen molar-refractivity contribution in [2.75, 3.05) is 13.2 Å². The average molecular weight is 358 g/mol. The van der Waals surface area contributed by atoms with Gasteiger partial charge < -0.3 is 4.74 Å². The number of hydrogen-bond acceptors (Lipinski definition) is 4. The molecule has 1 saturated carbocycles. The second-order valence-electron chi connectivity index (χ2n) is 6.91. The Balaban J connectivity index is 1.58. The quantitative estimate of drug-likeness (QED) is 0.911. The van der Waals surface area contributed by atoms with Gasteiger partial charge in [0.2, 0.25) is 10.0 Å². The Bertz CT molecular complexity index is 876. The topological polar surface area (TPSA) is 82.3 Å². The molecule has 25 heavy (non-hydrogen) atoms. The predicted octanol–water partition coefficient (Wildman–Crippen LogP) is 2.89. The minimum atomic E-state index is -3.70. The van der Waals surface area contributed by atoms with Crippen LogP contribution in [-0.2, 0) is 14.8 Å². The molecule has 2 aliphatic rings. The van der Waals surface area contributed by atoms with Crippen LogP contribution in [0.15, 0.2) is 47.4 Å². The van der Waals surface area contributed by atoms with Crippen LogP contribution in [-0.4, -0.2) is 26.6 Å². The van der Waals surface area contributed by atoms with Crippen LogP contribution in [0.2, 0.25) is 0 Å². The van der Waals surface area contributed by atoms with Crippen molar-refractivity contribution in [3.05, 3.63) is 59.4 Å². The van der Waals surface area contributed by atoms with Crippen LogP contribution in [0.25, 0.3) is 0 Å². The van der Waals surface area contributed by atoms with Crippen LogP contribution < -0.4 is 5.14 Å². The number of nitrogens with zero attached hydrogens (tertiary/aromatic N) is 1. The molecule has 132 valence electrons. The standard InChI is InChI=1S/C19H22N2O3S/c20-25(22,23)19-7-2-1-4-14(19)15-12-16(15)18-6-3-5-17(21-18)13-8-10-24-11-9-13/h1-7,13,15-16H,8-12H2,(H2,20,22,23). The Morgan fingerprint density at radius 3 is 2.44 bits per heavy atom. The van der Waals surface area contributed by atoms with E-state index in [1.54, 1.807) is 12.1 Å². The first-order valence-electron chi connectivity index (χ1n) is 8.70. The molecule has 2 N–H and O–H groups in total. The van der Waals surface area contributed by atoms with Crippen molar-refractivity contribution in [1.82, 2.24) is 4.98 Å². The molecule has 6 heteroatoms. The lowest BCUT2D eigenvalue weighted by molar-refractivity contribution is 0.0844. The van der Waals surface area contributed by atoms with E-state index in [-0.39, 0.29) is 16.7 Å². The molecule has 5 nitrogen and oxygen atoms in total. The Morgan fingerprint density at radius 2 is 1.68 bits per heavy atom. The van der Waals surface area contributed by atoms with Gasteiger partial charge in [-0.2, -0.15) is 0 Å². The molecule has 2 fully saturated rings. The second-order valence-corrected chi connectivity index (χ2v) is 8.44. The maximum absolute atomic E-state index is 11.8. The Hall–Kier alpha value is -1.76. The molecule has 0 amide bonds. The summed E-state index contributed by atoms with van der Waals surface area (Å²) in [6, 6.07) is 13.2. The van der Waals surface area contributed by atoms with Gasteiger partial charge in [0.15, 0.2) is 0 Å². The van der Waals surface area contributed by atoms with E-state index in [1.165, 1.54) is 0 Å². The third kappa shape index (κ3) is 3.47. The minimum absolute atomic E-state index is 0.173. The van der Waals surface area contributed by atoms with Crippen molar-refractivity contribution in [3.63, 3.8) is 0 Å². The summed E-state index contributed by atoms with van der Waals surface area (Å²) in [6.07, 6.45) is 2.94. The first-order valence-corrected chi connectivity index (χ1v) is 10.2. The first-order chi connectivity index (χ1) is 12.0. The summed E-state index contributed by atoms with van der Waals surface area (Å²) < 4.78 is 29.1. The summed E-state index contributed by atoms with van der Waals surface area (Å²) in [6.45, 7) is 1.59. The molecule has 2 unspecified atom stereocenters. The summed E-state index contributed by atoms with van der Waals surface area (Å²) in [5.41, 5.74) is 3.00. The van der Waals surface area contributed by atoms with Gasteiger partial charge in [0, 0.05) is 36.4 Å². The van der Waals surface area contributed by atoms with E-state index >= 15 is 0 Å². The van der Waals surface area contributed by atoms with E-state index in [2.05, 4.69) is 12.1 Å². The number of sulfonamides is 1. The molecular weight excluding hydrogens is 336 g/mol. The van der Waals surface area contributed by atoms with E-state index in [0.29, 0.717) is 5.92 Å². The molecule has 0 bridgehead atoms. The summed E-state index contributed by atoms with van der Waals surface area (Å²) in [7, 11) is -3.70. The lowest BCUT2D eigenvalue weighted by Gasteiger charge is -2.21. The molecule has 4 rings (SSSR count). The first kappa shape index (κ1) is 16.7. The number of primary sulfonamides is 1. The molecule has 2 aromatic rings. The molecule has 0 spiro atoms. The molecule has 0 radical (unpaired) electrons. The highest BCUT2D eigenvalue weighted by atomic mass is 32.2. The van der Waals surface area contributed by atoms with Crippen molar-refractivity contribution >= 4 is 10.0 Å². The van der Waals surface area contributed by atoms with E-state index in [9.17, 15) is 8.42 Å². The zero-order valence-corrected chi connectivity index (χ0v) is 14.8. The summed E-state index contributed by atoms with van der Waals surface area (Å²) in [5, 5.41) is 5.37. The summed E-state index contributed by atoms with van der Waals surface area (Å²) >= 11 is 0. The SMILES string of the molecule is NS(=O)(=O)c1ccccc1C1CC1c1cccc(C2CCOCC2)n1. The number of hydrogen-bond donors (Lipinski definition) is 1. The molecule has 2 atom stereocenters. The van der Waals surface area contributed by atoms with Gasteiger partial charge in [-0.25, -0.2) is 13.6 Å². The van der Waals surface area contributed by atoms with Crippen molar-refractivity contribution < 1.29 is 13.2 Å². The Labute approximate surface area is 148 Å². The normalized spacial score (nSPS) is 24.2. The number of nitrogens with two attached hydrogens (primary N) is 1. The minimum Gasteiger partial charge on any atom is -0.381 e. The predicted molar refractivity (Wildman–Crippen MR) is 94.9 cm³/mol. The van der Waals surface area contributed by atoms with E-state index in [0.717, 1.165) is 49.4 Å². The van der Waals surface area contributed by atoms with E-state index < -0.39 is 10.0 Å². The highest BCUT2D eigenvalue weighted by Crippen LogP contribution is 2.55. The molecule has 2 heterocycles. The highest BCUT2D eigenvalue weighted by Gasteiger charge is 2.42. The van der Waals surface area contributed by atoms with Gasteiger partial charge in [0.25, 0.3) is 0 Å². The van der Waals surface area contributed by atoms with Crippen LogP contribution in [0.1, 0.15) is 54.0 Å². The number of rotatable bonds is 4. The van der Waals surface area contributed by atoms with Gasteiger partial charge in [-0.3, -0.25) is 4.98 Å². The fourth-order valence-corrected chi connectivity index (χ4v) is 4.62. The smallest absolute Gasteiger partial charge is 0.238 e. The largest absolute Gasteiger partial charge is 0.381 e. The van der Waals surface area contributed by atoms with Crippen molar-refractivity contribution in [3.8, 4) is 0 Å². The Kier molecular flexibility index (Phi) is 4.35. The van der Waals surface area contributed by atoms with Gasteiger partial charge in [0.1, 0.15) is 0 Å². The summed E-state index contributed by atoms with van der Waals surface area (Å²) in [4.78, 5) is 5.13. The fourth-order valence-electron chi connectivity index (χ4n) is 3.81. The van der Waals surface area contributed by atoms with Gasteiger partial charge in [-0.15, -0.1) is 0 Å². The second kappa shape index (κ2) is 6.52.